The Balaban J connectivity index is 1.82. The third-order valence-electron chi connectivity index (χ3n) is 3.88. The van der Waals surface area contributed by atoms with Gasteiger partial charge in [-0.3, -0.25) is 0 Å². The first-order chi connectivity index (χ1) is 11.1. The zero-order valence-electron chi connectivity index (χ0n) is 13.3. The second kappa shape index (κ2) is 6.20. The molecule has 0 saturated heterocycles. The topological polar surface area (TPSA) is 64.8 Å². The number of esters is 1. The van der Waals surface area contributed by atoms with Gasteiger partial charge in [0.05, 0.1) is 24.9 Å². The van der Waals surface area contributed by atoms with Gasteiger partial charge in [0.25, 0.3) is 0 Å². The third-order valence-corrected chi connectivity index (χ3v) is 3.88. The molecule has 0 amide bonds. The number of methoxy groups -OCH3 is 1. The number of benzene rings is 2. The van der Waals surface area contributed by atoms with Gasteiger partial charge in [-0.25, -0.2) is 4.79 Å². The molecule has 1 aliphatic heterocycles. The molecular formula is C18H20N2O3. The minimum atomic E-state index is -0.322. The molecular weight excluding hydrogens is 292 g/mol. The number of carbonyl (C=O) groups excluding carboxylic acids is 1. The average Bonchev–Trinajstić information content (AvgIpc) is 2.54. The van der Waals surface area contributed by atoms with E-state index in [9.17, 15) is 4.79 Å². The summed E-state index contributed by atoms with van der Waals surface area (Å²) in [5, 5.41) is 0. The normalized spacial score (nSPS) is 16.4. The van der Waals surface area contributed by atoms with E-state index in [1.54, 1.807) is 12.1 Å². The molecule has 0 fully saturated rings. The summed E-state index contributed by atoms with van der Waals surface area (Å²) in [6.45, 7) is 3.58. The van der Waals surface area contributed by atoms with Gasteiger partial charge in [0, 0.05) is 18.3 Å². The van der Waals surface area contributed by atoms with Gasteiger partial charge in [0.15, 0.2) is 0 Å². The number of ether oxygens (including phenoxy) is 2. The number of anilines is 2. The van der Waals surface area contributed by atoms with Gasteiger partial charge in [0.1, 0.15) is 11.9 Å². The lowest BCUT2D eigenvalue weighted by Crippen LogP contribution is -2.38. The lowest BCUT2D eigenvalue weighted by Gasteiger charge is -2.35. The van der Waals surface area contributed by atoms with Gasteiger partial charge in [-0.05, 0) is 36.8 Å². The quantitative estimate of drug-likeness (QED) is 0.697. The molecule has 5 nitrogen and oxygen atoms in total. The fraction of sp³-hybridized carbons (Fsp3) is 0.278. The number of carbonyl (C=O) groups is 1. The summed E-state index contributed by atoms with van der Waals surface area (Å²) in [4.78, 5) is 13.8. The van der Waals surface area contributed by atoms with Crippen molar-refractivity contribution in [1.82, 2.24) is 0 Å². The van der Waals surface area contributed by atoms with E-state index in [1.165, 1.54) is 7.11 Å². The Morgan fingerprint density at radius 3 is 2.74 bits per heavy atom. The van der Waals surface area contributed by atoms with Crippen molar-refractivity contribution >= 4 is 17.3 Å². The van der Waals surface area contributed by atoms with Gasteiger partial charge in [0.2, 0.25) is 0 Å². The van der Waals surface area contributed by atoms with Crippen molar-refractivity contribution in [3.63, 3.8) is 0 Å². The van der Waals surface area contributed by atoms with Crippen LogP contribution in [0.1, 0.15) is 22.8 Å². The SMILES string of the molecule is COC(=O)c1ccc(CN2CC(C)Oc3cc(N)ccc32)cc1. The first kappa shape index (κ1) is 15.2. The molecule has 2 aromatic rings. The zero-order chi connectivity index (χ0) is 16.4. The first-order valence-electron chi connectivity index (χ1n) is 7.55. The number of hydrogen-bond donors (Lipinski definition) is 1. The summed E-state index contributed by atoms with van der Waals surface area (Å²) in [7, 11) is 1.38. The molecule has 2 aromatic carbocycles. The second-order valence-electron chi connectivity index (χ2n) is 5.72. The summed E-state index contributed by atoms with van der Waals surface area (Å²) in [5.74, 6) is 0.493. The predicted molar refractivity (Wildman–Crippen MR) is 89.8 cm³/mol. The van der Waals surface area contributed by atoms with E-state index in [4.69, 9.17) is 15.2 Å². The molecule has 0 radical (unpaired) electrons. The van der Waals surface area contributed by atoms with Gasteiger partial charge in [-0.2, -0.15) is 0 Å². The van der Waals surface area contributed by atoms with Gasteiger partial charge in [-0.15, -0.1) is 0 Å². The van der Waals surface area contributed by atoms with E-state index in [0.717, 1.165) is 30.1 Å². The molecule has 1 aliphatic rings. The standard InChI is InChI=1S/C18H20N2O3/c1-12-10-20(16-8-7-15(19)9-17(16)23-12)11-13-3-5-14(6-4-13)18(21)22-2/h3-9,12H,10-11,19H2,1-2H3. The van der Waals surface area contributed by atoms with Crippen LogP contribution in [0.2, 0.25) is 0 Å². The molecule has 0 aliphatic carbocycles. The second-order valence-corrected chi connectivity index (χ2v) is 5.72. The van der Waals surface area contributed by atoms with E-state index in [0.29, 0.717) is 11.3 Å². The van der Waals surface area contributed by atoms with Crippen LogP contribution in [0.4, 0.5) is 11.4 Å². The first-order valence-corrected chi connectivity index (χ1v) is 7.55. The van der Waals surface area contributed by atoms with Crippen molar-refractivity contribution in [2.75, 3.05) is 24.3 Å². The van der Waals surface area contributed by atoms with Gasteiger partial charge >= 0.3 is 5.97 Å². The number of nitrogens with zero attached hydrogens (tertiary/aromatic N) is 1. The lowest BCUT2D eigenvalue weighted by molar-refractivity contribution is 0.0600. The van der Waals surface area contributed by atoms with Crippen LogP contribution >= 0.6 is 0 Å². The molecule has 1 unspecified atom stereocenters. The Kier molecular flexibility index (Phi) is 4.10. The summed E-state index contributed by atoms with van der Waals surface area (Å²) in [6.07, 6.45) is 0.0960. The highest BCUT2D eigenvalue weighted by Gasteiger charge is 2.23. The van der Waals surface area contributed by atoms with Crippen molar-refractivity contribution in [2.45, 2.75) is 19.6 Å². The maximum absolute atomic E-state index is 11.5. The van der Waals surface area contributed by atoms with Crippen LogP contribution in [0.15, 0.2) is 42.5 Å². The molecule has 2 N–H and O–H groups in total. The number of nitrogen functional groups attached to an aromatic ring is 1. The summed E-state index contributed by atoms with van der Waals surface area (Å²) in [6, 6.07) is 13.2. The van der Waals surface area contributed by atoms with Gasteiger partial charge in [-0.1, -0.05) is 12.1 Å². The van der Waals surface area contributed by atoms with E-state index in [1.807, 2.05) is 37.3 Å². The maximum Gasteiger partial charge on any atom is 0.337 e. The molecule has 120 valence electrons. The van der Waals surface area contributed by atoms with Gasteiger partial charge < -0.3 is 20.1 Å². The molecule has 1 heterocycles. The van der Waals surface area contributed by atoms with Crippen molar-refractivity contribution in [2.24, 2.45) is 0 Å². The van der Waals surface area contributed by atoms with Crippen LogP contribution < -0.4 is 15.4 Å². The molecule has 3 rings (SSSR count). The van der Waals surface area contributed by atoms with E-state index < -0.39 is 0 Å². The molecule has 0 bridgehead atoms. The Morgan fingerprint density at radius 1 is 1.30 bits per heavy atom. The Morgan fingerprint density at radius 2 is 2.04 bits per heavy atom. The molecule has 0 saturated carbocycles. The molecule has 5 heteroatoms. The number of nitrogens with two attached hydrogens (primary N) is 1. The Labute approximate surface area is 135 Å². The maximum atomic E-state index is 11.5. The van der Waals surface area contributed by atoms with Crippen molar-refractivity contribution in [1.29, 1.82) is 0 Å². The molecule has 0 aromatic heterocycles. The largest absolute Gasteiger partial charge is 0.487 e. The van der Waals surface area contributed by atoms with Crippen LogP contribution in [0, 0.1) is 0 Å². The highest BCUT2D eigenvalue weighted by molar-refractivity contribution is 5.89. The average molecular weight is 312 g/mol. The minimum absolute atomic E-state index is 0.0960. The van der Waals surface area contributed by atoms with Crippen molar-refractivity contribution in [3.8, 4) is 5.75 Å². The third kappa shape index (κ3) is 3.23. The Hall–Kier alpha value is -2.69. The minimum Gasteiger partial charge on any atom is -0.487 e. The Bertz CT molecular complexity index is 713. The molecule has 0 spiro atoms. The van der Waals surface area contributed by atoms with Crippen molar-refractivity contribution < 1.29 is 14.3 Å². The van der Waals surface area contributed by atoms with E-state index in [2.05, 4.69) is 4.90 Å². The summed E-state index contributed by atoms with van der Waals surface area (Å²) < 4.78 is 10.6. The summed E-state index contributed by atoms with van der Waals surface area (Å²) in [5.41, 5.74) is 9.25. The van der Waals surface area contributed by atoms with Crippen LogP contribution in [-0.4, -0.2) is 25.7 Å². The smallest absolute Gasteiger partial charge is 0.337 e. The van der Waals surface area contributed by atoms with Crippen LogP contribution in [0.5, 0.6) is 5.75 Å². The number of fused-ring (bicyclic) bond motifs is 1. The number of rotatable bonds is 3. The van der Waals surface area contributed by atoms with Crippen molar-refractivity contribution in [3.05, 3.63) is 53.6 Å². The fourth-order valence-electron chi connectivity index (χ4n) is 2.78. The van der Waals surface area contributed by atoms with Crippen LogP contribution in [0.3, 0.4) is 0 Å². The molecule has 1 atom stereocenters. The number of hydrogen-bond acceptors (Lipinski definition) is 5. The highest BCUT2D eigenvalue weighted by Crippen LogP contribution is 2.35. The monoisotopic (exact) mass is 312 g/mol. The van der Waals surface area contributed by atoms with Crippen LogP contribution in [-0.2, 0) is 11.3 Å². The lowest BCUT2D eigenvalue weighted by atomic mass is 10.1. The molecule has 23 heavy (non-hydrogen) atoms. The highest BCUT2D eigenvalue weighted by atomic mass is 16.5. The van der Waals surface area contributed by atoms with E-state index in [-0.39, 0.29) is 12.1 Å². The predicted octanol–water partition coefficient (Wildman–Crippen LogP) is 2.84. The summed E-state index contributed by atoms with van der Waals surface area (Å²) >= 11 is 0. The zero-order valence-corrected chi connectivity index (χ0v) is 13.3. The van der Waals surface area contributed by atoms with Crippen LogP contribution in [0.25, 0.3) is 0 Å². The van der Waals surface area contributed by atoms with E-state index >= 15 is 0 Å². The fourth-order valence-corrected chi connectivity index (χ4v) is 2.78.